The second-order valence-corrected chi connectivity index (χ2v) is 7.05. The molecule has 1 atom stereocenters. The first-order chi connectivity index (χ1) is 14.4. The summed E-state index contributed by atoms with van der Waals surface area (Å²) < 4.78 is 27.4. The van der Waals surface area contributed by atoms with Gasteiger partial charge in [-0.2, -0.15) is 0 Å². The molecule has 4 nitrogen and oxygen atoms in total. The van der Waals surface area contributed by atoms with Gasteiger partial charge in [0.25, 0.3) is 11.7 Å². The molecule has 4 rings (SSSR count). The molecule has 0 aromatic heterocycles. The molecule has 0 radical (unpaired) electrons. The summed E-state index contributed by atoms with van der Waals surface area (Å²) >= 11 is 0. The molecule has 150 valence electrons. The molecule has 3 aromatic carbocycles. The van der Waals surface area contributed by atoms with Crippen LogP contribution in [0.2, 0.25) is 0 Å². The Morgan fingerprint density at radius 3 is 2.30 bits per heavy atom. The lowest BCUT2D eigenvalue weighted by Crippen LogP contribution is -2.29. The van der Waals surface area contributed by atoms with Gasteiger partial charge in [-0.05, 0) is 24.6 Å². The zero-order valence-corrected chi connectivity index (χ0v) is 16.0. The Bertz CT molecular complexity index is 1190. The zero-order chi connectivity index (χ0) is 21.4. The van der Waals surface area contributed by atoms with Gasteiger partial charge in [0, 0.05) is 17.3 Å². The molecule has 1 N–H and O–H groups in total. The van der Waals surface area contributed by atoms with Crippen LogP contribution >= 0.6 is 0 Å². The van der Waals surface area contributed by atoms with Crippen molar-refractivity contribution >= 4 is 23.1 Å². The minimum Gasteiger partial charge on any atom is -0.507 e. The molecular formula is C24H17F2NO3. The number of aliphatic hydroxyl groups is 1. The van der Waals surface area contributed by atoms with Crippen LogP contribution in [0.5, 0.6) is 0 Å². The highest BCUT2D eigenvalue weighted by molar-refractivity contribution is 6.51. The minimum absolute atomic E-state index is 0.0228. The number of aryl methyl sites for hydroxylation is 1. The number of amides is 1. The number of rotatable bonds is 3. The fraction of sp³-hybridized carbons (Fsp3) is 0.0833. The van der Waals surface area contributed by atoms with Crippen molar-refractivity contribution in [1.82, 2.24) is 0 Å². The van der Waals surface area contributed by atoms with Crippen molar-refractivity contribution in [2.45, 2.75) is 13.0 Å². The van der Waals surface area contributed by atoms with Crippen molar-refractivity contribution in [3.63, 3.8) is 0 Å². The summed E-state index contributed by atoms with van der Waals surface area (Å²) in [5.41, 5.74) is 1.73. The van der Waals surface area contributed by atoms with Gasteiger partial charge in [-0.1, -0.05) is 60.2 Å². The average Bonchev–Trinajstić information content (AvgIpc) is 3.01. The molecule has 1 aliphatic heterocycles. The maximum atomic E-state index is 13.9. The molecule has 1 heterocycles. The normalized spacial score (nSPS) is 18.1. The summed E-state index contributed by atoms with van der Waals surface area (Å²) in [6.07, 6.45) is 0. The van der Waals surface area contributed by atoms with Crippen molar-refractivity contribution in [2.24, 2.45) is 0 Å². The largest absolute Gasteiger partial charge is 0.507 e. The summed E-state index contributed by atoms with van der Waals surface area (Å²) in [4.78, 5) is 27.0. The molecule has 3 aromatic rings. The van der Waals surface area contributed by atoms with E-state index < -0.39 is 29.4 Å². The molecular weight excluding hydrogens is 388 g/mol. The molecule has 1 saturated heterocycles. The molecule has 0 saturated carbocycles. The summed E-state index contributed by atoms with van der Waals surface area (Å²) in [5, 5.41) is 10.9. The van der Waals surface area contributed by atoms with E-state index >= 15 is 0 Å². The maximum Gasteiger partial charge on any atom is 0.300 e. The van der Waals surface area contributed by atoms with E-state index in [0.29, 0.717) is 11.1 Å². The lowest BCUT2D eigenvalue weighted by Gasteiger charge is -2.25. The first-order valence-electron chi connectivity index (χ1n) is 9.26. The van der Waals surface area contributed by atoms with Crippen LogP contribution in [0.25, 0.3) is 5.76 Å². The van der Waals surface area contributed by atoms with Crippen LogP contribution in [-0.4, -0.2) is 16.8 Å². The number of ketones is 1. The molecule has 1 unspecified atom stereocenters. The van der Waals surface area contributed by atoms with Crippen LogP contribution < -0.4 is 4.90 Å². The first-order valence-corrected chi connectivity index (χ1v) is 9.26. The van der Waals surface area contributed by atoms with Crippen LogP contribution in [0.4, 0.5) is 14.5 Å². The minimum atomic E-state index is -1.14. The molecule has 1 aliphatic rings. The van der Waals surface area contributed by atoms with Gasteiger partial charge in [0.15, 0.2) is 11.6 Å². The topological polar surface area (TPSA) is 57.6 Å². The summed E-state index contributed by atoms with van der Waals surface area (Å²) in [6, 6.07) is 17.5. The van der Waals surface area contributed by atoms with Gasteiger partial charge in [-0.15, -0.1) is 0 Å². The summed E-state index contributed by atoms with van der Waals surface area (Å²) in [6.45, 7) is 1.85. The highest BCUT2D eigenvalue weighted by atomic mass is 19.2. The number of anilines is 1. The van der Waals surface area contributed by atoms with Crippen molar-refractivity contribution in [2.75, 3.05) is 4.90 Å². The van der Waals surface area contributed by atoms with Gasteiger partial charge < -0.3 is 5.11 Å². The number of carbonyl (C=O) groups is 2. The van der Waals surface area contributed by atoms with Crippen LogP contribution in [0, 0.1) is 18.6 Å². The number of carbonyl (C=O) groups excluding carboxylic acids is 2. The number of halogens is 2. The molecule has 0 bridgehead atoms. The fourth-order valence-corrected chi connectivity index (χ4v) is 3.64. The lowest BCUT2D eigenvalue weighted by atomic mass is 9.94. The smallest absolute Gasteiger partial charge is 0.300 e. The van der Waals surface area contributed by atoms with Gasteiger partial charge in [-0.3, -0.25) is 14.5 Å². The van der Waals surface area contributed by atoms with Crippen molar-refractivity contribution in [3.8, 4) is 0 Å². The van der Waals surface area contributed by atoms with E-state index in [0.717, 1.165) is 22.6 Å². The SMILES string of the molecule is Cc1cccc(C2/C(=C(\O)c3ccccc3)C(=O)C(=O)N2c2ccc(F)c(F)c2)c1. The lowest BCUT2D eigenvalue weighted by molar-refractivity contribution is -0.132. The van der Waals surface area contributed by atoms with Crippen molar-refractivity contribution in [3.05, 3.63) is 107 Å². The predicted octanol–water partition coefficient (Wildman–Crippen LogP) is 4.90. The highest BCUT2D eigenvalue weighted by Gasteiger charge is 2.47. The number of hydrogen-bond acceptors (Lipinski definition) is 3. The number of benzene rings is 3. The van der Waals surface area contributed by atoms with Gasteiger partial charge in [0.2, 0.25) is 0 Å². The van der Waals surface area contributed by atoms with Crippen LogP contribution in [0.3, 0.4) is 0 Å². The van der Waals surface area contributed by atoms with Crippen molar-refractivity contribution in [1.29, 1.82) is 0 Å². The average molecular weight is 405 g/mol. The first kappa shape index (κ1) is 19.5. The molecule has 0 spiro atoms. The Labute approximate surface area is 171 Å². The Morgan fingerprint density at radius 1 is 0.900 bits per heavy atom. The summed E-state index contributed by atoms with van der Waals surface area (Å²) in [7, 11) is 0. The van der Waals surface area contributed by atoms with Crippen LogP contribution in [0.1, 0.15) is 22.7 Å². The second kappa shape index (κ2) is 7.55. The van der Waals surface area contributed by atoms with E-state index in [1.54, 1.807) is 48.5 Å². The Balaban J connectivity index is 1.97. The molecule has 1 amide bonds. The van der Waals surface area contributed by atoms with E-state index in [9.17, 15) is 23.5 Å². The Morgan fingerprint density at radius 2 is 1.63 bits per heavy atom. The van der Waals surface area contributed by atoms with Gasteiger partial charge in [0.1, 0.15) is 5.76 Å². The maximum absolute atomic E-state index is 13.9. The molecule has 30 heavy (non-hydrogen) atoms. The Hall–Kier alpha value is -3.80. The molecule has 6 heteroatoms. The van der Waals surface area contributed by atoms with E-state index in [1.807, 2.05) is 13.0 Å². The molecule has 1 fully saturated rings. The van der Waals surface area contributed by atoms with E-state index in [4.69, 9.17) is 0 Å². The number of Topliss-reactive ketones (excluding diaryl/α,β-unsaturated/α-hetero) is 1. The van der Waals surface area contributed by atoms with Crippen molar-refractivity contribution < 1.29 is 23.5 Å². The van der Waals surface area contributed by atoms with E-state index in [2.05, 4.69) is 0 Å². The Kier molecular flexibility index (Phi) is 4.91. The van der Waals surface area contributed by atoms with Crippen LogP contribution in [0.15, 0.2) is 78.4 Å². The number of hydrogen-bond donors (Lipinski definition) is 1. The third kappa shape index (κ3) is 3.26. The monoisotopic (exact) mass is 405 g/mol. The van der Waals surface area contributed by atoms with E-state index in [-0.39, 0.29) is 17.0 Å². The number of nitrogens with zero attached hydrogens (tertiary/aromatic N) is 1. The quantitative estimate of drug-likeness (QED) is 0.383. The highest BCUT2D eigenvalue weighted by Crippen LogP contribution is 2.42. The van der Waals surface area contributed by atoms with Gasteiger partial charge >= 0.3 is 0 Å². The standard InChI is InChI=1S/C24H17F2NO3/c1-14-6-5-9-16(12-14)21-20(22(28)15-7-3-2-4-8-15)23(29)24(30)27(21)17-10-11-18(25)19(26)13-17/h2-13,21,28H,1H3/b22-20+. The predicted molar refractivity (Wildman–Crippen MR) is 109 cm³/mol. The van der Waals surface area contributed by atoms with Crippen LogP contribution in [-0.2, 0) is 9.59 Å². The van der Waals surface area contributed by atoms with Gasteiger partial charge in [0.05, 0.1) is 11.6 Å². The second-order valence-electron chi connectivity index (χ2n) is 7.05. The molecule has 0 aliphatic carbocycles. The third-order valence-corrected chi connectivity index (χ3v) is 5.03. The van der Waals surface area contributed by atoms with E-state index in [1.165, 1.54) is 6.07 Å². The summed E-state index contributed by atoms with van der Waals surface area (Å²) in [5.74, 6) is -4.35. The fourth-order valence-electron chi connectivity index (χ4n) is 3.64. The zero-order valence-electron chi connectivity index (χ0n) is 16.0. The third-order valence-electron chi connectivity index (χ3n) is 5.03. The number of aliphatic hydroxyl groups excluding tert-OH is 1. The van der Waals surface area contributed by atoms with Gasteiger partial charge in [-0.25, -0.2) is 8.78 Å².